The molecule has 1 heterocycles. The maximum Gasteiger partial charge on any atom is 0.250 e. The van der Waals surface area contributed by atoms with Crippen LogP contribution in [-0.2, 0) is 9.59 Å². The summed E-state index contributed by atoms with van der Waals surface area (Å²) in [6.07, 6.45) is 2.86. The van der Waals surface area contributed by atoms with E-state index in [9.17, 15) is 9.59 Å². The van der Waals surface area contributed by atoms with Gasteiger partial charge >= 0.3 is 0 Å². The number of carbonyl (C=O) groups excluding carboxylic acids is 2. The average molecular weight is 306 g/mol. The van der Waals surface area contributed by atoms with Gasteiger partial charge < -0.3 is 5.32 Å². The fourth-order valence-corrected chi connectivity index (χ4v) is 2.92. The Labute approximate surface area is 130 Å². The standard InChI is InChI=1S/C16H22N2O2S/c1-5-10(2)14-16(20)18(11(3)15(19)17-14)12-6-8-13(21-4)9-7-12/h6-11,14H,5H2,1-4H3,(H,17,19). The first-order valence-electron chi connectivity index (χ1n) is 7.27. The Bertz CT molecular complexity index is 530. The number of piperazine rings is 1. The zero-order chi connectivity index (χ0) is 15.6. The first-order chi connectivity index (χ1) is 9.99. The van der Waals surface area contributed by atoms with Crippen molar-refractivity contribution < 1.29 is 9.59 Å². The summed E-state index contributed by atoms with van der Waals surface area (Å²) in [5.74, 6) is 0.0177. The van der Waals surface area contributed by atoms with E-state index < -0.39 is 12.1 Å². The van der Waals surface area contributed by atoms with Gasteiger partial charge in [0.25, 0.3) is 5.91 Å². The highest BCUT2D eigenvalue weighted by Crippen LogP contribution is 2.26. The smallest absolute Gasteiger partial charge is 0.250 e. The molecule has 1 aromatic rings. The third-order valence-corrected chi connectivity index (χ3v) is 4.88. The zero-order valence-electron chi connectivity index (χ0n) is 12.9. The van der Waals surface area contributed by atoms with Gasteiger partial charge in [-0.05, 0) is 43.4 Å². The molecule has 2 amide bonds. The second-order valence-corrected chi connectivity index (χ2v) is 6.33. The lowest BCUT2D eigenvalue weighted by molar-refractivity contribution is -0.134. The lowest BCUT2D eigenvalue weighted by Gasteiger charge is -2.39. The van der Waals surface area contributed by atoms with Crippen LogP contribution in [-0.4, -0.2) is 30.2 Å². The molecular formula is C16H22N2O2S. The van der Waals surface area contributed by atoms with E-state index in [2.05, 4.69) is 5.32 Å². The predicted octanol–water partition coefficient (Wildman–Crippen LogP) is 2.67. The van der Waals surface area contributed by atoms with Crippen molar-refractivity contribution in [3.05, 3.63) is 24.3 Å². The number of nitrogens with zero attached hydrogens (tertiary/aromatic N) is 1. The summed E-state index contributed by atoms with van der Waals surface area (Å²) < 4.78 is 0. The minimum absolute atomic E-state index is 0.0200. The minimum atomic E-state index is -0.474. The van der Waals surface area contributed by atoms with Crippen molar-refractivity contribution in [3.63, 3.8) is 0 Å². The van der Waals surface area contributed by atoms with Gasteiger partial charge in [0.2, 0.25) is 5.91 Å². The molecule has 1 saturated heterocycles. The Balaban J connectivity index is 2.33. The van der Waals surface area contributed by atoms with Crippen LogP contribution < -0.4 is 10.2 Å². The van der Waals surface area contributed by atoms with Crippen molar-refractivity contribution in [1.29, 1.82) is 0 Å². The number of hydrogen-bond acceptors (Lipinski definition) is 3. The van der Waals surface area contributed by atoms with Crippen LogP contribution in [0.4, 0.5) is 5.69 Å². The van der Waals surface area contributed by atoms with Crippen LogP contribution in [0.25, 0.3) is 0 Å². The van der Waals surface area contributed by atoms with Gasteiger partial charge in [0.15, 0.2) is 0 Å². The van der Waals surface area contributed by atoms with Crippen molar-refractivity contribution in [3.8, 4) is 0 Å². The van der Waals surface area contributed by atoms with Crippen molar-refractivity contribution in [2.45, 2.75) is 44.2 Å². The molecule has 0 bridgehead atoms. The van der Waals surface area contributed by atoms with Crippen LogP contribution >= 0.6 is 11.8 Å². The molecular weight excluding hydrogens is 284 g/mol. The highest BCUT2D eigenvalue weighted by molar-refractivity contribution is 7.98. The molecule has 114 valence electrons. The van der Waals surface area contributed by atoms with Crippen LogP contribution in [0.2, 0.25) is 0 Å². The van der Waals surface area contributed by atoms with Gasteiger partial charge in [-0.3, -0.25) is 14.5 Å². The number of thioether (sulfide) groups is 1. The molecule has 0 saturated carbocycles. The Morgan fingerprint density at radius 1 is 1.29 bits per heavy atom. The van der Waals surface area contributed by atoms with Gasteiger partial charge in [-0.2, -0.15) is 0 Å². The number of carbonyl (C=O) groups is 2. The van der Waals surface area contributed by atoms with Gasteiger partial charge in [-0.25, -0.2) is 0 Å². The van der Waals surface area contributed by atoms with E-state index in [-0.39, 0.29) is 17.7 Å². The Morgan fingerprint density at radius 3 is 2.43 bits per heavy atom. The number of rotatable bonds is 4. The molecule has 4 nitrogen and oxygen atoms in total. The van der Waals surface area contributed by atoms with Gasteiger partial charge in [-0.1, -0.05) is 20.3 Å². The lowest BCUT2D eigenvalue weighted by atomic mass is 9.94. The summed E-state index contributed by atoms with van der Waals surface area (Å²) in [4.78, 5) is 27.7. The number of nitrogens with one attached hydrogen (secondary N) is 1. The number of hydrogen-bond donors (Lipinski definition) is 1. The van der Waals surface area contributed by atoms with Crippen molar-refractivity contribution in [2.75, 3.05) is 11.2 Å². The monoisotopic (exact) mass is 306 g/mol. The van der Waals surface area contributed by atoms with Gasteiger partial charge in [0, 0.05) is 10.6 Å². The fraction of sp³-hybridized carbons (Fsp3) is 0.500. The molecule has 2 rings (SSSR count). The van der Waals surface area contributed by atoms with E-state index in [0.717, 1.165) is 17.0 Å². The Morgan fingerprint density at radius 2 is 1.90 bits per heavy atom. The number of amides is 2. The minimum Gasteiger partial charge on any atom is -0.342 e. The molecule has 1 aliphatic heterocycles. The Hall–Kier alpha value is -1.49. The maximum atomic E-state index is 12.7. The lowest BCUT2D eigenvalue weighted by Crippen LogP contribution is -2.64. The molecule has 0 radical (unpaired) electrons. The van der Waals surface area contributed by atoms with Gasteiger partial charge in [0.1, 0.15) is 12.1 Å². The topological polar surface area (TPSA) is 49.4 Å². The summed E-state index contributed by atoms with van der Waals surface area (Å²) >= 11 is 1.65. The molecule has 0 aromatic heterocycles. The molecule has 3 atom stereocenters. The van der Waals surface area contributed by atoms with Crippen molar-refractivity contribution >= 4 is 29.3 Å². The molecule has 0 aliphatic carbocycles. The highest BCUT2D eigenvalue weighted by Gasteiger charge is 2.40. The molecule has 5 heteroatoms. The zero-order valence-corrected chi connectivity index (χ0v) is 13.7. The molecule has 21 heavy (non-hydrogen) atoms. The van der Waals surface area contributed by atoms with Crippen LogP contribution in [0.3, 0.4) is 0 Å². The van der Waals surface area contributed by atoms with Crippen molar-refractivity contribution in [1.82, 2.24) is 5.32 Å². The number of anilines is 1. The first-order valence-corrected chi connectivity index (χ1v) is 8.49. The predicted molar refractivity (Wildman–Crippen MR) is 86.6 cm³/mol. The van der Waals surface area contributed by atoms with Crippen LogP contribution in [0, 0.1) is 5.92 Å². The summed E-state index contributed by atoms with van der Waals surface area (Å²) in [6.45, 7) is 5.79. The SMILES string of the molecule is CCC(C)C1NC(=O)C(C)N(c2ccc(SC)cc2)C1=O. The molecule has 1 N–H and O–H groups in total. The largest absolute Gasteiger partial charge is 0.342 e. The van der Waals surface area contributed by atoms with Gasteiger partial charge in [-0.15, -0.1) is 11.8 Å². The van der Waals surface area contributed by atoms with E-state index in [4.69, 9.17) is 0 Å². The molecule has 1 aromatic carbocycles. The van der Waals surface area contributed by atoms with E-state index in [1.54, 1.807) is 23.6 Å². The Kier molecular flexibility index (Phi) is 4.93. The second kappa shape index (κ2) is 6.52. The molecule has 3 unspecified atom stereocenters. The summed E-state index contributed by atoms with van der Waals surface area (Å²) in [5.41, 5.74) is 0.786. The average Bonchev–Trinajstić information content (AvgIpc) is 2.51. The maximum absolute atomic E-state index is 12.7. The van der Waals surface area contributed by atoms with E-state index in [1.807, 2.05) is 44.4 Å². The molecule has 1 fully saturated rings. The van der Waals surface area contributed by atoms with Crippen LogP contribution in [0.5, 0.6) is 0 Å². The third-order valence-electron chi connectivity index (χ3n) is 4.13. The summed E-state index contributed by atoms with van der Waals surface area (Å²) in [5, 5.41) is 2.85. The third kappa shape index (κ3) is 3.07. The first kappa shape index (κ1) is 15.9. The van der Waals surface area contributed by atoms with E-state index in [1.165, 1.54) is 0 Å². The second-order valence-electron chi connectivity index (χ2n) is 5.45. The van der Waals surface area contributed by atoms with Crippen LogP contribution in [0.15, 0.2) is 29.2 Å². The van der Waals surface area contributed by atoms with Crippen molar-refractivity contribution in [2.24, 2.45) is 5.92 Å². The number of benzene rings is 1. The highest BCUT2D eigenvalue weighted by atomic mass is 32.2. The normalized spacial score (nSPS) is 23.9. The quantitative estimate of drug-likeness (QED) is 0.870. The molecule has 1 aliphatic rings. The summed E-state index contributed by atoms with van der Waals surface area (Å²) in [6, 6.07) is 6.87. The molecule has 0 spiro atoms. The van der Waals surface area contributed by atoms with E-state index in [0.29, 0.717) is 0 Å². The van der Waals surface area contributed by atoms with E-state index >= 15 is 0 Å². The van der Waals surface area contributed by atoms with Gasteiger partial charge in [0.05, 0.1) is 0 Å². The fourth-order valence-electron chi connectivity index (χ4n) is 2.51. The van der Waals surface area contributed by atoms with Crippen LogP contribution in [0.1, 0.15) is 27.2 Å². The summed E-state index contributed by atoms with van der Waals surface area (Å²) in [7, 11) is 0.